The van der Waals surface area contributed by atoms with Gasteiger partial charge in [-0.15, -0.1) is 0 Å². The molecule has 2 aromatic carbocycles. The molecule has 1 aliphatic rings. The largest absolute Gasteiger partial charge is 0.493 e. The number of morpholine rings is 1. The molecule has 1 amide bonds. The SMILES string of the molecule is Cc1cc(Cl)ccc1OCCCC(=O)N(C)Cc1ccc(N2CCOCC2)cc1. The predicted octanol–water partition coefficient (Wildman–Crippen LogP) is 4.30. The summed E-state index contributed by atoms with van der Waals surface area (Å²) in [5.74, 6) is 0.939. The molecule has 0 saturated carbocycles. The van der Waals surface area contributed by atoms with Gasteiger partial charge >= 0.3 is 0 Å². The van der Waals surface area contributed by atoms with Crippen LogP contribution < -0.4 is 9.64 Å². The lowest BCUT2D eigenvalue weighted by molar-refractivity contribution is -0.130. The smallest absolute Gasteiger partial charge is 0.222 e. The number of nitrogens with zero attached hydrogens (tertiary/aromatic N) is 2. The molecule has 29 heavy (non-hydrogen) atoms. The number of hydrogen-bond donors (Lipinski definition) is 0. The van der Waals surface area contributed by atoms with E-state index in [2.05, 4.69) is 29.2 Å². The van der Waals surface area contributed by atoms with Crippen molar-refractivity contribution in [1.29, 1.82) is 0 Å². The highest BCUT2D eigenvalue weighted by Gasteiger charge is 2.12. The fourth-order valence-corrected chi connectivity index (χ4v) is 3.59. The van der Waals surface area contributed by atoms with E-state index in [-0.39, 0.29) is 5.91 Å². The van der Waals surface area contributed by atoms with Crippen LogP contribution in [0.15, 0.2) is 42.5 Å². The molecule has 1 aliphatic heterocycles. The monoisotopic (exact) mass is 416 g/mol. The van der Waals surface area contributed by atoms with Crippen molar-refractivity contribution >= 4 is 23.2 Å². The Labute approximate surface area is 178 Å². The molecular formula is C23H29ClN2O3. The number of ether oxygens (including phenoxy) is 2. The van der Waals surface area contributed by atoms with Crippen LogP contribution in [0.1, 0.15) is 24.0 Å². The van der Waals surface area contributed by atoms with Crippen molar-refractivity contribution in [3.8, 4) is 5.75 Å². The summed E-state index contributed by atoms with van der Waals surface area (Å²) < 4.78 is 11.2. The van der Waals surface area contributed by atoms with Gasteiger partial charge in [0.25, 0.3) is 0 Å². The minimum absolute atomic E-state index is 0.124. The Kier molecular flexibility index (Phi) is 7.78. The molecule has 0 spiro atoms. The Morgan fingerprint density at radius 3 is 2.59 bits per heavy atom. The van der Waals surface area contributed by atoms with Crippen molar-refractivity contribution in [3.63, 3.8) is 0 Å². The number of amides is 1. The zero-order chi connectivity index (χ0) is 20.6. The highest BCUT2D eigenvalue weighted by Crippen LogP contribution is 2.22. The van der Waals surface area contributed by atoms with Gasteiger partial charge in [-0.25, -0.2) is 0 Å². The molecule has 2 aromatic rings. The summed E-state index contributed by atoms with van der Waals surface area (Å²) in [5.41, 5.74) is 3.34. The van der Waals surface area contributed by atoms with E-state index in [4.69, 9.17) is 21.1 Å². The minimum atomic E-state index is 0.124. The number of hydrogen-bond acceptors (Lipinski definition) is 4. The third-order valence-electron chi connectivity index (χ3n) is 5.09. The zero-order valence-electron chi connectivity index (χ0n) is 17.2. The lowest BCUT2D eigenvalue weighted by Gasteiger charge is -2.29. The van der Waals surface area contributed by atoms with Crippen molar-refractivity contribution in [2.45, 2.75) is 26.3 Å². The summed E-state index contributed by atoms with van der Waals surface area (Å²) in [5, 5.41) is 0.699. The topological polar surface area (TPSA) is 42.0 Å². The Morgan fingerprint density at radius 2 is 1.90 bits per heavy atom. The van der Waals surface area contributed by atoms with Crippen LogP contribution in [0.4, 0.5) is 5.69 Å². The maximum Gasteiger partial charge on any atom is 0.222 e. The standard InChI is InChI=1S/C23H29ClN2O3/c1-18-16-20(24)7-10-22(18)29-13-3-4-23(27)25(2)17-19-5-8-21(9-6-19)26-11-14-28-15-12-26/h5-10,16H,3-4,11-15,17H2,1-2H3. The van der Waals surface area contributed by atoms with E-state index in [1.807, 2.05) is 32.2 Å². The van der Waals surface area contributed by atoms with Gasteiger partial charge in [0.15, 0.2) is 0 Å². The fourth-order valence-electron chi connectivity index (χ4n) is 3.37. The summed E-state index contributed by atoms with van der Waals surface area (Å²) in [4.78, 5) is 16.5. The van der Waals surface area contributed by atoms with Gasteiger partial charge in [0.1, 0.15) is 5.75 Å². The third kappa shape index (κ3) is 6.38. The zero-order valence-corrected chi connectivity index (χ0v) is 18.0. The summed E-state index contributed by atoms with van der Waals surface area (Å²) in [6.45, 7) is 6.49. The summed E-state index contributed by atoms with van der Waals surface area (Å²) in [6, 6.07) is 14.0. The molecule has 1 heterocycles. The van der Waals surface area contributed by atoms with E-state index in [9.17, 15) is 4.79 Å². The number of halogens is 1. The van der Waals surface area contributed by atoms with Crippen molar-refractivity contribution in [2.24, 2.45) is 0 Å². The van der Waals surface area contributed by atoms with E-state index >= 15 is 0 Å². The van der Waals surface area contributed by atoms with Crippen LogP contribution in [-0.4, -0.2) is 50.8 Å². The van der Waals surface area contributed by atoms with Gasteiger partial charge in [-0.3, -0.25) is 4.79 Å². The minimum Gasteiger partial charge on any atom is -0.493 e. The van der Waals surface area contributed by atoms with Crippen LogP contribution in [0.25, 0.3) is 0 Å². The average Bonchev–Trinajstić information content (AvgIpc) is 2.73. The lowest BCUT2D eigenvalue weighted by atomic mass is 10.1. The van der Waals surface area contributed by atoms with Gasteiger partial charge in [-0.1, -0.05) is 23.7 Å². The Morgan fingerprint density at radius 1 is 1.17 bits per heavy atom. The van der Waals surface area contributed by atoms with Gasteiger partial charge in [0, 0.05) is 43.8 Å². The predicted molar refractivity (Wildman–Crippen MR) is 117 cm³/mol. The van der Waals surface area contributed by atoms with Crippen LogP contribution in [-0.2, 0) is 16.1 Å². The molecule has 0 unspecified atom stereocenters. The van der Waals surface area contributed by atoms with Crippen molar-refractivity contribution in [3.05, 3.63) is 58.6 Å². The highest BCUT2D eigenvalue weighted by atomic mass is 35.5. The van der Waals surface area contributed by atoms with Crippen LogP contribution in [0.3, 0.4) is 0 Å². The molecule has 156 valence electrons. The molecule has 6 heteroatoms. The third-order valence-corrected chi connectivity index (χ3v) is 5.32. The molecular weight excluding hydrogens is 388 g/mol. The maximum absolute atomic E-state index is 12.4. The first-order valence-electron chi connectivity index (χ1n) is 10.1. The number of aryl methyl sites for hydroxylation is 1. The number of rotatable bonds is 8. The molecule has 3 rings (SSSR count). The molecule has 0 atom stereocenters. The van der Waals surface area contributed by atoms with Crippen LogP contribution in [0.2, 0.25) is 5.02 Å². The quantitative estimate of drug-likeness (QED) is 0.601. The lowest BCUT2D eigenvalue weighted by Crippen LogP contribution is -2.36. The Bertz CT molecular complexity index is 804. The van der Waals surface area contributed by atoms with Crippen LogP contribution >= 0.6 is 11.6 Å². The second-order valence-corrected chi connectivity index (χ2v) is 7.81. The Hall–Kier alpha value is -2.24. The number of anilines is 1. The Balaban J connectivity index is 1.40. The van der Waals surface area contributed by atoms with Gasteiger partial charge in [-0.05, 0) is 54.8 Å². The molecule has 0 aliphatic carbocycles. The first-order valence-corrected chi connectivity index (χ1v) is 10.5. The fraction of sp³-hybridized carbons (Fsp3) is 0.435. The molecule has 0 aromatic heterocycles. The molecule has 1 saturated heterocycles. The van der Waals surface area contributed by atoms with E-state index in [0.29, 0.717) is 31.0 Å². The van der Waals surface area contributed by atoms with Crippen molar-refractivity contribution < 1.29 is 14.3 Å². The normalized spacial score (nSPS) is 14.0. The van der Waals surface area contributed by atoms with E-state index in [1.54, 1.807) is 4.90 Å². The summed E-state index contributed by atoms with van der Waals surface area (Å²) in [7, 11) is 1.85. The maximum atomic E-state index is 12.4. The number of carbonyl (C=O) groups is 1. The summed E-state index contributed by atoms with van der Waals surface area (Å²) in [6.07, 6.45) is 1.15. The average molecular weight is 417 g/mol. The van der Waals surface area contributed by atoms with Crippen LogP contribution in [0.5, 0.6) is 5.75 Å². The molecule has 5 nitrogen and oxygen atoms in total. The second-order valence-electron chi connectivity index (χ2n) is 7.38. The van der Waals surface area contributed by atoms with Crippen molar-refractivity contribution in [1.82, 2.24) is 4.90 Å². The second kappa shape index (κ2) is 10.5. The highest BCUT2D eigenvalue weighted by molar-refractivity contribution is 6.30. The van der Waals surface area contributed by atoms with Gasteiger partial charge < -0.3 is 19.3 Å². The summed E-state index contributed by atoms with van der Waals surface area (Å²) >= 11 is 5.96. The van der Waals surface area contributed by atoms with Crippen molar-refractivity contribution in [2.75, 3.05) is 44.9 Å². The van der Waals surface area contributed by atoms with Gasteiger partial charge in [0.05, 0.1) is 19.8 Å². The molecule has 0 N–H and O–H groups in total. The molecule has 0 radical (unpaired) electrons. The first-order chi connectivity index (χ1) is 14.0. The van der Waals surface area contributed by atoms with Crippen LogP contribution in [0, 0.1) is 6.92 Å². The molecule has 0 bridgehead atoms. The van der Waals surface area contributed by atoms with Gasteiger partial charge in [-0.2, -0.15) is 0 Å². The van der Waals surface area contributed by atoms with Gasteiger partial charge in [0.2, 0.25) is 5.91 Å². The van der Waals surface area contributed by atoms with E-state index in [1.165, 1.54) is 5.69 Å². The number of carbonyl (C=O) groups excluding carboxylic acids is 1. The van der Waals surface area contributed by atoms with E-state index in [0.717, 1.165) is 43.2 Å². The number of benzene rings is 2. The van der Waals surface area contributed by atoms with E-state index < -0.39 is 0 Å². The molecule has 1 fully saturated rings. The first kappa shape index (κ1) is 21.5.